The Bertz CT molecular complexity index is 306. The number of hydrogen-bond acceptors (Lipinski definition) is 2. The zero-order valence-corrected chi connectivity index (χ0v) is 9.82. The molecule has 1 aromatic heterocycles. The molecule has 0 aliphatic rings. The second kappa shape index (κ2) is 4.63. The molecule has 0 aliphatic carbocycles. The van der Waals surface area contributed by atoms with Crippen molar-refractivity contribution in [2.24, 2.45) is 0 Å². The van der Waals surface area contributed by atoms with Gasteiger partial charge in [0.2, 0.25) is 0 Å². The van der Waals surface area contributed by atoms with Crippen molar-refractivity contribution in [2.75, 3.05) is 6.54 Å². The van der Waals surface area contributed by atoms with Crippen molar-refractivity contribution >= 4 is 11.3 Å². The molecule has 0 aromatic carbocycles. The highest BCUT2D eigenvalue weighted by Crippen LogP contribution is 2.26. The first-order valence-electron chi connectivity index (χ1n) is 4.80. The zero-order chi connectivity index (χ0) is 10.6. The van der Waals surface area contributed by atoms with Crippen molar-refractivity contribution in [2.45, 2.75) is 32.2 Å². The van der Waals surface area contributed by atoms with Crippen LogP contribution >= 0.6 is 11.3 Å². The number of hydrogen-bond donors (Lipinski definition) is 1. The van der Waals surface area contributed by atoms with Gasteiger partial charge in [0.05, 0.1) is 6.04 Å². The quantitative estimate of drug-likeness (QED) is 0.748. The van der Waals surface area contributed by atoms with Gasteiger partial charge in [0, 0.05) is 16.8 Å². The van der Waals surface area contributed by atoms with Gasteiger partial charge in [-0.05, 0) is 18.4 Å². The van der Waals surface area contributed by atoms with Crippen molar-refractivity contribution in [3.8, 4) is 12.3 Å². The van der Waals surface area contributed by atoms with Crippen molar-refractivity contribution < 1.29 is 0 Å². The van der Waals surface area contributed by atoms with Crippen LogP contribution in [-0.2, 0) is 5.41 Å². The average Bonchev–Trinajstić information content (AvgIpc) is 2.67. The van der Waals surface area contributed by atoms with E-state index in [0.29, 0.717) is 0 Å². The van der Waals surface area contributed by atoms with Crippen molar-refractivity contribution in [3.63, 3.8) is 0 Å². The molecule has 0 fully saturated rings. The van der Waals surface area contributed by atoms with E-state index in [2.05, 4.69) is 42.6 Å². The summed E-state index contributed by atoms with van der Waals surface area (Å²) in [5.41, 5.74) is 0.166. The molecule has 76 valence electrons. The predicted octanol–water partition coefficient (Wildman–Crippen LogP) is 2.64. The molecular weight excluding hydrogens is 190 g/mol. The minimum Gasteiger partial charge on any atom is -0.303 e. The lowest BCUT2D eigenvalue weighted by atomic mass is 9.91. The highest BCUT2D eigenvalue weighted by molar-refractivity contribution is 7.10. The number of rotatable bonds is 4. The van der Waals surface area contributed by atoms with Crippen molar-refractivity contribution in [3.05, 3.63) is 22.4 Å². The van der Waals surface area contributed by atoms with Crippen LogP contribution in [-0.4, -0.2) is 12.6 Å². The summed E-state index contributed by atoms with van der Waals surface area (Å²) in [6.07, 6.45) is 5.31. The second-order valence-corrected chi connectivity index (χ2v) is 5.08. The summed E-state index contributed by atoms with van der Waals surface area (Å²) in [6.45, 7) is 7.38. The summed E-state index contributed by atoms with van der Waals surface area (Å²) < 4.78 is 0. The molecule has 1 heterocycles. The molecule has 0 bridgehead atoms. The third-order valence-corrected chi connectivity index (χ3v) is 3.52. The predicted molar refractivity (Wildman–Crippen MR) is 63.6 cm³/mol. The lowest BCUT2D eigenvalue weighted by Crippen LogP contribution is -2.36. The summed E-state index contributed by atoms with van der Waals surface area (Å²) in [4.78, 5) is 1.40. The Hall–Kier alpha value is -0.780. The summed E-state index contributed by atoms with van der Waals surface area (Å²) in [7, 11) is 0. The third-order valence-electron chi connectivity index (χ3n) is 2.29. The molecule has 1 aromatic rings. The maximum absolute atomic E-state index is 5.31. The molecule has 2 heteroatoms. The van der Waals surface area contributed by atoms with E-state index in [-0.39, 0.29) is 11.5 Å². The number of nitrogens with one attached hydrogen (secondary N) is 1. The van der Waals surface area contributed by atoms with E-state index < -0.39 is 0 Å². The zero-order valence-electron chi connectivity index (χ0n) is 9.00. The maximum Gasteiger partial charge on any atom is 0.0658 e. The Kier molecular flexibility index (Phi) is 3.74. The van der Waals surface area contributed by atoms with Crippen LogP contribution in [0.5, 0.6) is 0 Å². The fourth-order valence-electron chi connectivity index (χ4n) is 1.22. The van der Waals surface area contributed by atoms with E-state index >= 15 is 0 Å². The van der Waals surface area contributed by atoms with E-state index in [4.69, 9.17) is 6.42 Å². The molecule has 0 spiro atoms. The molecule has 0 amide bonds. The molecule has 1 rings (SSSR count). The fraction of sp³-hybridized carbons (Fsp3) is 0.500. The van der Waals surface area contributed by atoms with Gasteiger partial charge in [0.1, 0.15) is 0 Å². The van der Waals surface area contributed by atoms with Gasteiger partial charge in [-0.2, -0.15) is 0 Å². The van der Waals surface area contributed by atoms with Crippen molar-refractivity contribution in [1.82, 2.24) is 5.32 Å². The summed E-state index contributed by atoms with van der Waals surface area (Å²) in [5.74, 6) is 2.68. The Morgan fingerprint density at radius 3 is 2.86 bits per heavy atom. The van der Waals surface area contributed by atoms with Crippen LogP contribution in [0.4, 0.5) is 0 Å². The normalized spacial score (nSPS) is 13.6. The lowest BCUT2D eigenvalue weighted by Gasteiger charge is -2.24. The van der Waals surface area contributed by atoms with Gasteiger partial charge in [0.25, 0.3) is 0 Å². The molecule has 0 aliphatic heterocycles. The Morgan fingerprint density at radius 2 is 2.36 bits per heavy atom. The number of thiophene rings is 1. The monoisotopic (exact) mass is 207 g/mol. The van der Waals surface area contributed by atoms with E-state index in [0.717, 1.165) is 6.54 Å². The van der Waals surface area contributed by atoms with Crippen LogP contribution in [0.3, 0.4) is 0 Å². The molecule has 0 saturated carbocycles. The van der Waals surface area contributed by atoms with Gasteiger partial charge in [-0.3, -0.25) is 0 Å². The highest BCUT2D eigenvalue weighted by Gasteiger charge is 2.21. The Labute approximate surface area is 90.5 Å². The van der Waals surface area contributed by atoms with E-state index in [9.17, 15) is 0 Å². The van der Waals surface area contributed by atoms with Crippen LogP contribution in [0.2, 0.25) is 0 Å². The number of terminal acetylenes is 1. The lowest BCUT2D eigenvalue weighted by molar-refractivity contribution is 0.466. The van der Waals surface area contributed by atoms with Gasteiger partial charge >= 0.3 is 0 Å². The van der Waals surface area contributed by atoms with Crippen LogP contribution < -0.4 is 5.32 Å². The standard InChI is InChI=1S/C12H17NS/c1-5-10(2)13-9-12(3,4)11-7-6-8-14-11/h1,6-8,10,13H,9H2,2-4H3. The summed E-state index contributed by atoms with van der Waals surface area (Å²) in [5, 5.41) is 5.44. The van der Waals surface area contributed by atoms with Crippen LogP contribution in [0.15, 0.2) is 17.5 Å². The molecule has 1 nitrogen and oxygen atoms in total. The topological polar surface area (TPSA) is 12.0 Å². The average molecular weight is 207 g/mol. The van der Waals surface area contributed by atoms with E-state index in [1.807, 2.05) is 6.92 Å². The van der Waals surface area contributed by atoms with Crippen LogP contribution in [0.1, 0.15) is 25.6 Å². The van der Waals surface area contributed by atoms with Crippen LogP contribution in [0.25, 0.3) is 0 Å². The third kappa shape index (κ3) is 2.87. The van der Waals surface area contributed by atoms with Crippen molar-refractivity contribution in [1.29, 1.82) is 0 Å². The summed E-state index contributed by atoms with van der Waals surface area (Å²) in [6, 6.07) is 4.41. The maximum atomic E-state index is 5.31. The highest BCUT2D eigenvalue weighted by atomic mass is 32.1. The Morgan fingerprint density at radius 1 is 1.64 bits per heavy atom. The van der Waals surface area contributed by atoms with Gasteiger partial charge in [-0.25, -0.2) is 0 Å². The molecule has 1 unspecified atom stereocenters. The fourth-order valence-corrected chi connectivity index (χ4v) is 2.07. The molecule has 0 saturated heterocycles. The van der Waals surface area contributed by atoms with Gasteiger partial charge in [0.15, 0.2) is 0 Å². The van der Waals surface area contributed by atoms with Gasteiger partial charge in [-0.1, -0.05) is 25.8 Å². The first-order valence-corrected chi connectivity index (χ1v) is 5.68. The largest absolute Gasteiger partial charge is 0.303 e. The first-order chi connectivity index (χ1) is 6.56. The molecule has 14 heavy (non-hydrogen) atoms. The van der Waals surface area contributed by atoms with Crippen LogP contribution in [0, 0.1) is 12.3 Å². The second-order valence-electron chi connectivity index (χ2n) is 4.13. The van der Waals surface area contributed by atoms with Gasteiger partial charge < -0.3 is 5.32 Å². The Balaban J connectivity index is 2.56. The van der Waals surface area contributed by atoms with E-state index in [1.165, 1.54) is 4.88 Å². The molecular formula is C12H17NS. The smallest absolute Gasteiger partial charge is 0.0658 e. The summed E-state index contributed by atoms with van der Waals surface area (Å²) >= 11 is 1.80. The molecule has 1 atom stereocenters. The minimum atomic E-state index is 0.147. The first kappa shape index (κ1) is 11.3. The SMILES string of the molecule is C#CC(C)NCC(C)(C)c1cccs1. The van der Waals surface area contributed by atoms with E-state index in [1.54, 1.807) is 11.3 Å². The van der Waals surface area contributed by atoms with Gasteiger partial charge in [-0.15, -0.1) is 17.8 Å². The minimum absolute atomic E-state index is 0.147. The molecule has 1 N–H and O–H groups in total. The molecule has 0 radical (unpaired) electrons.